The third-order valence-electron chi connectivity index (χ3n) is 3.86. The van der Waals surface area contributed by atoms with Gasteiger partial charge in [0.1, 0.15) is 0 Å². The molecule has 1 amide bonds. The monoisotopic (exact) mass is 286 g/mol. The van der Waals surface area contributed by atoms with Crippen molar-refractivity contribution in [2.45, 2.75) is 12.8 Å². The number of benzene rings is 1. The summed E-state index contributed by atoms with van der Waals surface area (Å²) < 4.78 is 0. The van der Waals surface area contributed by atoms with Gasteiger partial charge in [-0.1, -0.05) is 18.2 Å². The maximum atomic E-state index is 12.6. The molecule has 5 heteroatoms. The molecule has 1 fully saturated rings. The van der Waals surface area contributed by atoms with Gasteiger partial charge in [-0.3, -0.25) is 9.69 Å². The summed E-state index contributed by atoms with van der Waals surface area (Å²) in [5.74, 6) is 0.0963. The van der Waals surface area contributed by atoms with Crippen LogP contribution in [0.3, 0.4) is 0 Å². The molecule has 1 aliphatic rings. The molecule has 0 bridgehead atoms. The van der Waals surface area contributed by atoms with Crippen LogP contribution in [0.4, 0.5) is 0 Å². The number of carbonyl (C=O) groups is 1. The van der Waals surface area contributed by atoms with Crippen LogP contribution in [0.5, 0.6) is 0 Å². The van der Waals surface area contributed by atoms with Crippen molar-refractivity contribution in [2.24, 2.45) is 5.73 Å². The second-order valence-corrected chi connectivity index (χ2v) is 5.24. The van der Waals surface area contributed by atoms with Crippen LogP contribution >= 0.6 is 0 Å². The van der Waals surface area contributed by atoms with E-state index in [1.54, 1.807) is 0 Å². The molecule has 21 heavy (non-hydrogen) atoms. The molecule has 0 saturated carbocycles. The first-order chi connectivity index (χ1) is 10.3. The zero-order chi connectivity index (χ0) is 15.1. The van der Waals surface area contributed by atoms with Crippen molar-refractivity contribution in [1.82, 2.24) is 9.80 Å². The molecule has 5 nitrogen and oxygen atoms in total. The number of hydrogen-bond donors (Lipinski definition) is 1. The summed E-state index contributed by atoms with van der Waals surface area (Å²) in [5, 5.41) is 8.62. The minimum atomic E-state index is 0.0963. The number of amides is 1. The Kier molecular flexibility index (Phi) is 5.73. The van der Waals surface area contributed by atoms with Crippen LogP contribution in [-0.2, 0) is 6.42 Å². The highest BCUT2D eigenvalue weighted by atomic mass is 16.2. The van der Waals surface area contributed by atoms with Gasteiger partial charge in [-0.05, 0) is 24.6 Å². The van der Waals surface area contributed by atoms with Crippen molar-refractivity contribution in [3.8, 4) is 6.07 Å². The van der Waals surface area contributed by atoms with Crippen LogP contribution in [0.25, 0.3) is 0 Å². The molecule has 0 radical (unpaired) electrons. The van der Waals surface area contributed by atoms with Gasteiger partial charge in [-0.25, -0.2) is 0 Å². The first kappa shape index (κ1) is 15.5. The highest BCUT2D eigenvalue weighted by Crippen LogP contribution is 2.14. The number of nitrogens with zero attached hydrogens (tertiary/aromatic N) is 3. The van der Waals surface area contributed by atoms with E-state index in [0.29, 0.717) is 13.0 Å². The van der Waals surface area contributed by atoms with Crippen molar-refractivity contribution in [2.75, 3.05) is 39.3 Å². The van der Waals surface area contributed by atoms with E-state index in [-0.39, 0.29) is 5.91 Å². The summed E-state index contributed by atoms with van der Waals surface area (Å²) in [6.07, 6.45) is 1.28. The van der Waals surface area contributed by atoms with Gasteiger partial charge in [-0.15, -0.1) is 0 Å². The van der Waals surface area contributed by atoms with Crippen molar-refractivity contribution >= 4 is 5.91 Å². The highest BCUT2D eigenvalue weighted by Gasteiger charge is 2.23. The number of rotatable bonds is 5. The Morgan fingerprint density at radius 3 is 2.62 bits per heavy atom. The Hall–Kier alpha value is -1.90. The molecule has 0 aromatic heterocycles. The van der Waals surface area contributed by atoms with Crippen molar-refractivity contribution in [3.05, 3.63) is 35.4 Å². The van der Waals surface area contributed by atoms with Gasteiger partial charge in [0.25, 0.3) is 5.91 Å². The van der Waals surface area contributed by atoms with Crippen molar-refractivity contribution in [1.29, 1.82) is 5.26 Å². The maximum Gasteiger partial charge on any atom is 0.254 e. The van der Waals surface area contributed by atoms with E-state index in [2.05, 4.69) is 11.0 Å². The van der Waals surface area contributed by atoms with E-state index in [1.165, 1.54) is 0 Å². The minimum Gasteiger partial charge on any atom is -0.336 e. The molecule has 1 aromatic rings. The second kappa shape index (κ2) is 7.77. The van der Waals surface area contributed by atoms with E-state index < -0.39 is 0 Å². The fraction of sp³-hybridized carbons (Fsp3) is 0.500. The number of carbonyl (C=O) groups excluding carboxylic acids is 1. The summed E-state index contributed by atoms with van der Waals surface area (Å²) in [4.78, 5) is 16.8. The standard InChI is InChI=1S/C16H22N4O/c17-7-3-9-19-10-12-20(13-11-19)16(21)15-5-2-1-4-14(15)6-8-18/h1-2,4-5H,3,6,8-13,18H2. The van der Waals surface area contributed by atoms with E-state index in [4.69, 9.17) is 11.0 Å². The molecule has 0 unspecified atom stereocenters. The van der Waals surface area contributed by atoms with Crippen molar-refractivity contribution in [3.63, 3.8) is 0 Å². The molecule has 1 heterocycles. The Morgan fingerprint density at radius 2 is 1.95 bits per heavy atom. The molecule has 0 atom stereocenters. The summed E-state index contributed by atoms with van der Waals surface area (Å²) >= 11 is 0. The van der Waals surface area contributed by atoms with Crippen LogP contribution in [-0.4, -0.2) is 55.0 Å². The van der Waals surface area contributed by atoms with Gasteiger partial charge in [0, 0.05) is 44.7 Å². The van der Waals surface area contributed by atoms with Gasteiger partial charge < -0.3 is 10.6 Å². The zero-order valence-electron chi connectivity index (χ0n) is 12.3. The zero-order valence-corrected chi connectivity index (χ0v) is 12.3. The molecule has 1 saturated heterocycles. The minimum absolute atomic E-state index is 0.0963. The summed E-state index contributed by atoms with van der Waals surface area (Å²) in [7, 11) is 0. The quantitative estimate of drug-likeness (QED) is 0.871. The lowest BCUT2D eigenvalue weighted by molar-refractivity contribution is 0.0638. The SMILES string of the molecule is N#CCCN1CCN(C(=O)c2ccccc2CCN)CC1. The summed E-state index contributed by atoms with van der Waals surface area (Å²) in [6.45, 7) is 4.47. The Bertz CT molecular complexity index is 515. The van der Waals surface area contributed by atoms with Gasteiger partial charge in [-0.2, -0.15) is 5.26 Å². The Labute approximate surface area is 125 Å². The maximum absolute atomic E-state index is 12.6. The Morgan fingerprint density at radius 1 is 1.24 bits per heavy atom. The van der Waals surface area contributed by atoms with E-state index in [0.717, 1.165) is 50.3 Å². The lowest BCUT2D eigenvalue weighted by atomic mass is 10.0. The van der Waals surface area contributed by atoms with Gasteiger partial charge in [0.2, 0.25) is 0 Å². The number of hydrogen-bond acceptors (Lipinski definition) is 4. The first-order valence-corrected chi connectivity index (χ1v) is 7.43. The topological polar surface area (TPSA) is 73.4 Å². The fourth-order valence-electron chi connectivity index (χ4n) is 2.66. The lowest BCUT2D eigenvalue weighted by Gasteiger charge is -2.34. The van der Waals surface area contributed by atoms with Crippen LogP contribution in [0.15, 0.2) is 24.3 Å². The first-order valence-electron chi connectivity index (χ1n) is 7.43. The van der Waals surface area contributed by atoms with E-state index in [1.807, 2.05) is 29.2 Å². The molecule has 0 aliphatic carbocycles. The molecule has 112 valence electrons. The number of nitriles is 1. The molecule has 0 spiro atoms. The molecule has 2 N–H and O–H groups in total. The highest BCUT2D eigenvalue weighted by molar-refractivity contribution is 5.95. The molecular weight excluding hydrogens is 264 g/mol. The molecule has 1 aromatic carbocycles. The average molecular weight is 286 g/mol. The van der Waals surface area contributed by atoms with Crippen LogP contribution in [0.2, 0.25) is 0 Å². The average Bonchev–Trinajstić information content (AvgIpc) is 2.53. The van der Waals surface area contributed by atoms with Crippen LogP contribution in [0.1, 0.15) is 22.3 Å². The number of piperazine rings is 1. The van der Waals surface area contributed by atoms with Gasteiger partial charge in [0.15, 0.2) is 0 Å². The number of nitrogens with two attached hydrogens (primary N) is 1. The summed E-state index contributed by atoms with van der Waals surface area (Å²) in [5.41, 5.74) is 7.41. The normalized spacial score (nSPS) is 15.7. The second-order valence-electron chi connectivity index (χ2n) is 5.24. The molecular formula is C16H22N4O. The molecule has 2 rings (SSSR count). The largest absolute Gasteiger partial charge is 0.336 e. The fourth-order valence-corrected chi connectivity index (χ4v) is 2.66. The summed E-state index contributed by atoms with van der Waals surface area (Å²) in [6, 6.07) is 9.87. The van der Waals surface area contributed by atoms with Crippen LogP contribution in [0, 0.1) is 11.3 Å². The lowest BCUT2D eigenvalue weighted by Crippen LogP contribution is -2.49. The predicted octanol–water partition coefficient (Wildman–Crippen LogP) is 0.859. The third kappa shape index (κ3) is 4.03. The smallest absolute Gasteiger partial charge is 0.254 e. The third-order valence-corrected chi connectivity index (χ3v) is 3.86. The van der Waals surface area contributed by atoms with E-state index in [9.17, 15) is 4.79 Å². The van der Waals surface area contributed by atoms with Gasteiger partial charge >= 0.3 is 0 Å². The van der Waals surface area contributed by atoms with Crippen molar-refractivity contribution < 1.29 is 4.79 Å². The van der Waals surface area contributed by atoms with Crippen LogP contribution < -0.4 is 5.73 Å². The predicted molar refractivity (Wildman–Crippen MR) is 81.8 cm³/mol. The van der Waals surface area contributed by atoms with Gasteiger partial charge in [0.05, 0.1) is 6.07 Å². The molecule has 1 aliphatic heterocycles. The van der Waals surface area contributed by atoms with E-state index >= 15 is 0 Å². The Balaban J connectivity index is 1.97.